The molecule has 0 aliphatic carbocycles. The molecule has 1 aromatic rings. The van der Waals surface area contributed by atoms with Crippen molar-refractivity contribution < 1.29 is 9.53 Å². The van der Waals surface area contributed by atoms with Crippen molar-refractivity contribution in [3.8, 4) is 0 Å². The lowest BCUT2D eigenvalue weighted by Gasteiger charge is -2.00. The molecule has 0 aliphatic rings. The number of carbonyl (C=O) groups excluding carboxylic acids is 1. The first kappa shape index (κ1) is 12.0. The number of thiophene rings is 1. The molecule has 0 bridgehead atoms. The number of carbonyl (C=O) groups is 1. The van der Waals surface area contributed by atoms with Crippen LogP contribution in [0.1, 0.15) is 25.1 Å². The van der Waals surface area contributed by atoms with E-state index in [0.717, 1.165) is 18.4 Å². The first-order valence-electron chi connectivity index (χ1n) is 5.08. The Hall–Kier alpha value is -1.09. The van der Waals surface area contributed by atoms with E-state index in [4.69, 9.17) is 4.74 Å². The molecule has 2 nitrogen and oxygen atoms in total. The summed E-state index contributed by atoms with van der Waals surface area (Å²) in [4.78, 5) is 12.5. The Labute approximate surface area is 94.6 Å². The topological polar surface area (TPSA) is 26.3 Å². The molecular formula is C12H16O2S. The van der Waals surface area contributed by atoms with Crippen LogP contribution in [-0.4, -0.2) is 12.6 Å². The van der Waals surface area contributed by atoms with Crippen molar-refractivity contribution in [3.63, 3.8) is 0 Å². The lowest BCUT2D eigenvalue weighted by atomic mass is 10.1. The fraction of sp³-hybridized carbons (Fsp3) is 0.417. The maximum absolute atomic E-state index is 11.1. The molecule has 0 saturated carbocycles. The van der Waals surface area contributed by atoms with Crippen molar-refractivity contribution in [3.05, 3.63) is 34.0 Å². The Morgan fingerprint density at radius 1 is 1.60 bits per heavy atom. The van der Waals surface area contributed by atoms with Crippen LogP contribution in [0.4, 0.5) is 0 Å². The average molecular weight is 224 g/mol. The molecule has 0 aliphatic heterocycles. The summed E-state index contributed by atoms with van der Waals surface area (Å²) in [7, 11) is 0. The van der Waals surface area contributed by atoms with E-state index in [0.29, 0.717) is 6.61 Å². The molecule has 0 amide bonds. The molecule has 0 N–H and O–H groups in total. The Morgan fingerprint density at radius 2 is 2.40 bits per heavy atom. The van der Waals surface area contributed by atoms with E-state index in [1.807, 2.05) is 19.9 Å². The highest BCUT2D eigenvalue weighted by Gasteiger charge is 1.99. The van der Waals surface area contributed by atoms with Gasteiger partial charge in [0.25, 0.3) is 0 Å². The largest absolute Gasteiger partial charge is 0.463 e. The summed E-state index contributed by atoms with van der Waals surface area (Å²) in [5.41, 5.74) is 1.07. The van der Waals surface area contributed by atoms with Crippen LogP contribution in [0.5, 0.6) is 0 Å². The highest BCUT2D eigenvalue weighted by Crippen LogP contribution is 2.14. The minimum atomic E-state index is -0.235. The van der Waals surface area contributed by atoms with E-state index in [1.165, 1.54) is 4.88 Å². The Morgan fingerprint density at radius 3 is 3.00 bits per heavy atom. The molecule has 82 valence electrons. The zero-order valence-corrected chi connectivity index (χ0v) is 9.97. The fourth-order valence-corrected chi connectivity index (χ4v) is 1.94. The maximum Gasteiger partial charge on any atom is 0.330 e. The third-order valence-corrected chi connectivity index (χ3v) is 2.93. The van der Waals surface area contributed by atoms with Gasteiger partial charge in [-0.2, -0.15) is 0 Å². The van der Waals surface area contributed by atoms with Crippen LogP contribution in [-0.2, 0) is 16.0 Å². The molecule has 0 spiro atoms. The molecule has 0 atom stereocenters. The van der Waals surface area contributed by atoms with Crippen LogP contribution in [0.25, 0.3) is 0 Å². The van der Waals surface area contributed by atoms with Crippen molar-refractivity contribution in [1.82, 2.24) is 0 Å². The second-order valence-electron chi connectivity index (χ2n) is 3.32. The first-order chi connectivity index (χ1) is 7.22. The second-order valence-corrected chi connectivity index (χ2v) is 4.35. The van der Waals surface area contributed by atoms with Gasteiger partial charge in [0.1, 0.15) is 0 Å². The lowest BCUT2D eigenvalue weighted by Crippen LogP contribution is -2.00. The predicted molar refractivity (Wildman–Crippen MR) is 63.0 cm³/mol. The summed E-state index contributed by atoms with van der Waals surface area (Å²) < 4.78 is 4.84. The number of allylic oxidation sites excluding steroid dienone is 1. The average Bonchev–Trinajstić information content (AvgIpc) is 2.67. The van der Waals surface area contributed by atoms with Crippen molar-refractivity contribution in [2.75, 3.05) is 6.61 Å². The molecule has 0 radical (unpaired) electrons. The summed E-state index contributed by atoms with van der Waals surface area (Å²) >= 11 is 1.75. The molecule has 0 fully saturated rings. The van der Waals surface area contributed by atoms with E-state index >= 15 is 0 Å². The van der Waals surface area contributed by atoms with Gasteiger partial charge >= 0.3 is 5.97 Å². The second kappa shape index (κ2) is 6.40. The van der Waals surface area contributed by atoms with Crippen LogP contribution in [0, 0.1) is 0 Å². The third kappa shape index (κ3) is 4.79. The molecule has 3 heteroatoms. The molecule has 0 unspecified atom stereocenters. The normalized spacial score (nSPS) is 11.5. The van der Waals surface area contributed by atoms with Crippen molar-refractivity contribution in [2.24, 2.45) is 0 Å². The molecule has 0 saturated heterocycles. The van der Waals surface area contributed by atoms with Crippen molar-refractivity contribution in [1.29, 1.82) is 0 Å². The van der Waals surface area contributed by atoms with Gasteiger partial charge in [-0.1, -0.05) is 11.6 Å². The van der Waals surface area contributed by atoms with Gasteiger partial charge in [0.05, 0.1) is 6.61 Å². The van der Waals surface area contributed by atoms with Crippen LogP contribution in [0.15, 0.2) is 29.2 Å². The van der Waals surface area contributed by atoms with Gasteiger partial charge in [0, 0.05) is 11.0 Å². The minimum absolute atomic E-state index is 0.235. The molecule has 1 rings (SSSR count). The van der Waals surface area contributed by atoms with Crippen LogP contribution in [0.3, 0.4) is 0 Å². The van der Waals surface area contributed by atoms with Crippen molar-refractivity contribution in [2.45, 2.75) is 26.7 Å². The van der Waals surface area contributed by atoms with E-state index < -0.39 is 0 Å². The standard InChI is InChI=1S/C12H16O2S/c1-3-14-12(13)9-10(2)6-7-11-5-4-8-15-11/h4-5,8-9H,3,6-7H2,1-2H3/b10-9+. The van der Waals surface area contributed by atoms with Gasteiger partial charge in [-0.15, -0.1) is 11.3 Å². The number of aryl methyl sites for hydroxylation is 1. The summed E-state index contributed by atoms with van der Waals surface area (Å²) in [5, 5.41) is 2.07. The SMILES string of the molecule is CCOC(=O)/C=C(\C)CCc1cccs1. The van der Waals surface area contributed by atoms with E-state index in [-0.39, 0.29) is 5.97 Å². The van der Waals surface area contributed by atoms with Crippen molar-refractivity contribution >= 4 is 17.3 Å². The summed E-state index contributed by atoms with van der Waals surface area (Å²) in [6.45, 7) is 4.21. The highest BCUT2D eigenvalue weighted by molar-refractivity contribution is 7.09. The highest BCUT2D eigenvalue weighted by atomic mass is 32.1. The summed E-state index contributed by atoms with van der Waals surface area (Å²) in [6, 6.07) is 4.16. The van der Waals surface area contributed by atoms with E-state index in [9.17, 15) is 4.79 Å². The van der Waals surface area contributed by atoms with Crippen LogP contribution >= 0.6 is 11.3 Å². The van der Waals surface area contributed by atoms with E-state index in [1.54, 1.807) is 17.4 Å². The lowest BCUT2D eigenvalue weighted by molar-refractivity contribution is -0.137. The zero-order chi connectivity index (χ0) is 11.1. The number of esters is 1. The van der Waals surface area contributed by atoms with Gasteiger partial charge in [-0.25, -0.2) is 4.79 Å². The van der Waals surface area contributed by atoms with Gasteiger partial charge in [0.15, 0.2) is 0 Å². The monoisotopic (exact) mass is 224 g/mol. The molecule has 0 aromatic carbocycles. The predicted octanol–water partition coefficient (Wildman–Crippen LogP) is 3.19. The number of ether oxygens (including phenoxy) is 1. The van der Waals surface area contributed by atoms with Crippen LogP contribution < -0.4 is 0 Å². The number of rotatable bonds is 5. The first-order valence-corrected chi connectivity index (χ1v) is 5.96. The number of hydrogen-bond donors (Lipinski definition) is 0. The molecule has 1 aromatic heterocycles. The zero-order valence-electron chi connectivity index (χ0n) is 9.16. The Balaban J connectivity index is 2.35. The quantitative estimate of drug-likeness (QED) is 0.567. The van der Waals surface area contributed by atoms with Gasteiger partial charge in [-0.05, 0) is 38.1 Å². The smallest absolute Gasteiger partial charge is 0.330 e. The van der Waals surface area contributed by atoms with Gasteiger partial charge in [0.2, 0.25) is 0 Å². The van der Waals surface area contributed by atoms with Gasteiger partial charge in [-0.3, -0.25) is 0 Å². The number of hydrogen-bond acceptors (Lipinski definition) is 3. The fourth-order valence-electron chi connectivity index (χ4n) is 1.23. The Kier molecular flexibility index (Phi) is 5.12. The summed E-state index contributed by atoms with van der Waals surface area (Å²) in [5.74, 6) is -0.235. The third-order valence-electron chi connectivity index (χ3n) is 2.00. The molecule has 15 heavy (non-hydrogen) atoms. The van der Waals surface area contributed by atoms with Gasteiger partial charge < -0.3 is 4.74 Å². The maximum atomic E-state index is 11.1. The van der Waals surface area contributed by atoms with E-state index in [2.05, 4.69) is 11.4 Å². The Bertz CT molecular complexity index is 325. The summed E-state index contributed by atoms with van der Waals surface area (Å²) in [6.07, 6.45) is 3.50. The minimum Gasteiger partial charge on any atom is -0.463 e. The van der Waals surface area contributed by atoms with Crippen LogP contribution in [0.2, 0.25) is 0 Å². The molecular weight excluding hydrogens is 208 g/mol. The molecule has 1 heterocycles.